The number of aromatic nitrogens is 4. The van der Waals surface area contributed by atoms with Gasteiger partial charge in [-0.25, -0.2) is 0 Å². The quantitative estimate of drug-likeness (QED) is 0.183. The molecule has 4 aromatic rings. The number of carbonyl (C=O) groups is 2. The summed E-state index contributed by atoms with van der Waals surface area (Å²) in [5, 5.41) is 30.4. The third kappa shape index (κ3) is 7.53. The Morgan fingerprint density at radius 3 is 2.57 bits per heavy atom. The summed E-state index contributed by atoms with van der Waals surface area (Å²) in [6, 6.07) is 21.6. The second-order valence-electron chi connectivity index (χ2n) is 11.8. The van der Waals surface area contributed by atoms with E-state index in [1.807, 2.05) is 80.8 Å². The van der Waals surface area contributed by atoms with Gasteiger partial charge >= 0.3 is 0 Å². The summed E-state index contributed by atoms with van der Waals surface area (Å²) >= 11 is 1.67. The van der Waals surface area contributed by atoms with Crippen molar-refractivity contribution in [1.29, 1.82) is 0 Å². The highest BCUT2D eigenvalue weighted by Crippen LogP contribution is 2.33. The third-order valence-corrected chi connectivity index (χ3v) is 8.50. The average Bonchev–Trinajstić information content (AvgIpc) is 3.52. The fourth-order valence-electron chi connectivity index (χ4n) is 5.49. The van der Waals surface area contributed by atoms with Crippen LogP contribution in [-0.4, -0.2) is 68.0 Å². The number of carbonyl (C=O) groups excluding carboxylic acids is 2. The van der Waals surface area contributed by atoms with E-state index >= 15 is 0 Å². The van der Waals surface area contributed by atoms with Gasteiger partial charge in [0.25, 0.3) is 0 Å². The van der Waals surface area contributed by atoms with Gasteiger partial charge in [0.2, 0.25) is 17.6 Å². The van der Waals surface area contributed by atoms with Crippen molar-refractivity contribution in [3.05, 3.63) is 77.9 Å². The van der Waals surface area contributed by atoms with Gasteiger partial charge in [-0.3, -0.25) is 9.59 Å². The first-order valence-electron chi connectivity index (χ1n) is 14.8. The third-order valence-electron chi connectivity index (χ3n) is 7.78. The molecule has 0 fully saturated rings. The van der Waals surface area contributed by atoms with Crippen molar-refractivity contribution in [3.63, 3.8) is 0 Å². The predicted molar refractivity (Wildman–Crippen MR) is 173 cm³/mol. The number of aryl methyl sites for hydroxylation is 1. The van der Waals surface area contributed by atoms with Crippen molar-refractivity contribution >= 4 is 29.3 Å². The Bertz CT molecular complexity index is 1590. The van der Waals surface area contributed by atoms with E-state index in [9.17, 15) is 14.7 Å². The molecule has 0 radical (unpaired) electrons. The summed E-state index contributed by atoms with van der Waals surface area (Å²) in [6.07, 6.45) is 2.88. The van der Waals surface area contributed by atoms with Crippen LogP contribution in [0, 0.1) is 0 Å². The fraction of sp³-hybridized carbons (Fsp3) is 0.364. The molecule has 2 amide bonds. The van der Waals surface area contributed by atoms with Crippen molar-refractivity contribution in [2.75, 3.05) is 17.7 Å². The first kappa shape index (κ1) is 31.4. The van der Waals surface area contributed by atoms with Gasteiger partial charge in [0.15, 0.2) is 0 Å². The van der Waals surface area contributed by atoms with Gasteiger partial charge in [-0.15, -0.1) is 22.0 Å². The Morgan fingerprint density at radius 2 is 1.89 bits per heavy atom. The lowest BCUT2D eigenvalue weighted by Crippen LogP contribution is -2.51. The SMILES string of the molecule is CSc1ccc2c(c1)CC[C@@H](NC(=O)CC(C)(C)NC[C@@H](C)O)C(=O)N2Cc1ccc(-c2ccccc2-c2nn[nH]n2)cc1. The van der Waals surface area contributed by atoms with Crippen LogP contribution in [-0.2, 0) is 22.6 Å². The molecule has 2 atom stereocenters. The number of fused-ring (bicyclic) bond motifs is 1. The monoisotopic (exact) mass is 613 g/mol. The van der Waals surface area contributed by atoms with Gasteiger partial charge in [-0.2, -0.15) is 5.21 Å². The number of H-pyrrole nitrogens is 1. The molecule has 0 saturated heterocycles. The lowest BCUT2D eigenvalue weighted by molar-refractivity contribution is -0.128. The number of amides is 2. The van der Waals surface area contributed by atoms with Crippen LogP contribution in [0.1, 0.15) is 44.7 Å². The zero-order chi connectivity index (χ0) is 31.3. The van der Waals surface area contributed by atoms with Crippen LogP contribution in [0.4, 0.5) is 5.69 Å². The molecule has 1 aliphatic heterocycles. The Hall–Kier alpha value is -4.06. The van der Waals surface area contributed by atoms with Crippen molar-refractivity contribution in [2.45, 2.75) is 69.2 Å². The summed E-state index contributed by atoms with van der Waals surface area (Å²) in [7, 11) is 0. The molecule has 0 aliphatic carbocycles. The average molecular weight is 614 g/mol. The summed E-state index contributed by atoms with van der Waals surface area (Å²) in [5.41, 5.74) is 5.25. The van der Waals surface area contributed by atoms with Gasteiger partial charge in [0.05, 0.1) is 12.6 Å². The summed E-state index contributed by atoms with van der Waals surface area (Å²) in [5.74, 6) is 0.193. The number of aliphatic hydroxyl groups is 1. The minimum atomic E-state index is -0.652. The fourth-order valence-corrected chi connectivity index (χ4v) is 5.96. The van der Waals surface area contributed by atoms with Crippen LogP contribution < -0.4 is 15.5 Å². The van der Waals surface area contributed by atoms with Crippen molar-refractivity contribution < 1.29 is 14.7 Å². The first-order chi connectivity index (χ1) is 21.1. The molecule has 44 heavy (non-hydrogen) atoms. The van der Waals surface area contributed by atoms with Gasteiger partial charge in [0, 0.05) is 34.7 Å². The van der Waals surface area contributed by atoms with E-state index in [1.54, 1.807) is 23.6 Å². The predicted octanol–water partition coefficient (Wildman–Crippen LogP) is 4.36. The van der Waals surface area contributed by atoms with Crippen LogP contribution in [0.3, 0.4) is 0 Å². The number of benzene rings is 3. The molecule has 0 saturated carbocycles. The van der Waals surface area contributed by atoms with Crippen molar-refractivity contribution in [1.82, 2.24) is 31.3 Å². The standard InChI is InChI=1S/C33H39N7O3S/c1-21(41)19-34-33(2,3)18-30(42)35-28-15-13-24-17-25(44-4)14-16-29(24)40(32(28)43)20-22-9-11-23(12-10-22)26-7-5-6-8-27(26)31-36-38-39-37-31/h5-12,14,16-17,21,28,34,41H,13,15,18-20H2,1-4H3,(H,35,42)(H,36,37,38,39)/t21-,28-/m1/s1. The second kappa shape index (κ2) is 13.7. The zero-order valence-electron chi connectivity index (χ0n) is 25.5. The normalized spacial score (nSPS) is 15.9. The molecule has 3 aromatic carbocycles. The van der Waals surface area contributed by atoms with Crippen LogP contribution in [0.25, 0.3) is 22.5 Å². The number of nitrogens with one attached hydrogen (secondary N) is 3. The van der Waals surface area contributed by atoms with E-state index in [-0.39, 0.29) is 18.2 Å². The highest BCUT2D eigenvalue weighted by atomic mass is 32.2. The number of tetrazole rings is 1. The van der Waals surface area contributed by atoms with E-state index in [2.05, 4.69) is 37.3 Å². The summed E-state index contributed by atoms with van der Waals surface area (Å²) in [4.78, 5) is 30.2. The maximum absolute atomic E-state index is 14.1. The molecule has 0 unspecified atom stereocenters. The van der Waals surface area contributed by atoms with E-state index in [1.165, 1.54) is 0 Å². The van der Waals surface area contributed by atoms with Gasteiger partial charge in [0.1, 0.15) is 6.04 Å². The molecule has 5 rings (SSSR count). The number of hydrogen-bond acceptors (Lipinski definition) is 8. The molecule has 1 aromatic heterocycles. The van der Waals surface area contributed by atoms with E-state index in [0.29, 0.717) is 31.8 Å². The molecule has 4 N–H and O–H groups in total. The number of rotatable bonds is 11. The molecular formula is C33H39N7O3S. The lowest BCUT2D eigenvalue weighted by Gasteiger charge is -2.29. The van der Waals surface area contributed by atoms with Crippen LogP contribution >= 0.6 is 11.8 Å². The molecule has 230 valence electrons. The second-order valence-corrected chi connectivity index (χ2v) is 12.7. The summed E-state index contributed by atoms with van der Waals surface area (Å²) in [6.45, 7) is 6.28. The Balaban J connectivity index is 1.38. The summed E-state index contributed by atoms with van der Waals surface area (Å²) < 4.78 is 0. The maximum Gasteiger partial charge on any atom is 0.249 e. The number of anilines is 1. The molecule has 11 heteroatoms. The van der Waals surface area contributed by atoms with Gasteiger partial charge < -0.3 is 20.6 Å². The Morgan fingerprint density at radius 1 is 1.14 bits per heavy atom. The largest absolute Gasteiger partial charge is 0.392 e. The molecular weight excluding hydrogens is 574 g/mol. The first-order valence-corrected chi connectivity index (χ1v) is 16.0. The number of thioether (sulfide) groups is 1. The van der Waals surface area contributed by atoms with E-state index in [0.717, 1.165) is 38.4 Å². The lowest BCUT2D eigenvalue weighted by atomic mass is 9.98. The highest BCUT2D eigenvalue weighted by molar-refractivity contribution is 7.98. The van der Waals surface area contributed by atoms with Crippen LogP contribution in [0.5, 0.6) is 0 Å². The molecule has 0 spiro atoms. The Kier molecular flexibility index (Phi) is 9.77. The number of β-amino-alcohol motifs (C(OH)–C–C–N with tert-alkyl or cyclic N) is 1. The number of hydrogen-bond donors (Lipinski definition) is 4. The number of aromatic amines is 1. The topological polar surface area (TPSA) is 136 Å². The van der Waals surface area contributed by atoms with E-state index in [4.69, 9.17) is 0 Å². The molecule has 10 nitrogen and oxygen atoms in total. The Labute approximate surface area is 262 Å². The molecule has 1 aliphatic rings. The van der Waals surface area contributed by atoms with Gasteiger partial charge in [-0.1, -0.05) is 48.5 Å². The minimum Gasteiger partial charge on any atom is -0.392 e. The van der Waals surface area contributed by atoms with Crippen molar-refractivity contribution in [2.24, 2.45) is 0 Å². The number of aliphatic hydroxyl groups excluding tert-OH is 1. The van der Waals surface area contributed by atoms with E-state index < -0.39 is 17.7 Å². The maximum atomic E-state index is 14.1. The smallest absolute Gasteiger partial charge is 0.249 e. The van der Waals surface area contributed by atoms with Gasteiger partial charge in [-0.05, 0) is 85.5 Å². The zero-order valence-corrected chi connectivity index (χ0v) is 26.3. The molecule has 2 heterocycles. The molecule has 0 bridgehead atoms. The van der Waals surface area contributed by atoms with Crippen LogP contribution in [0.2, 0.25) is 0 Å². The highest BCUT2D eigenvalue weighted by Gasteiger charge is 2.33. The number of nitrogens with zero attached hydrogens (tertiary/aromatic N) is 4. The van der Waals surface area contributed by atoms with Crippen LogP contribution in [0.15, 0.2) is 71.6 Å². The van der Waals surface area contributed by atoms with Crippen molar-refractivity contribution in [3.8, 4) is 22.5 Å². The minimum absolute atomic E-state index is 0.129.